The lowest BCUT2D eigenvalue weighted by Gasteiger charge is -2.24. The molecule has 4 atom stereocenters. The van der Waals surface area contributed by atoms with Gasteiger partial charge in [-0.2, -0.15) is 0 Å². The molecule has 178 valence electrons. The molecule has 0 saturated heterocycles. The van der Waals surface area contributed by atoms with Gasteiger partial charge in [0.25, 0.3) is 0 Å². The maximum atomic E-state index is 12.6. The molecule has 0 fully saturated rings. The van der Waals surface area contributed by atoms with Crippen LogP contribution in [0.15, 0.2) is 4.99 Å². The highest BCUT2D eigenvalue weighted by Crippen LogP contribution is 2.06. The van der Waals surface area contributed by atoms with Crippen molar-refractivity contribution in [2.75, 3.05) is 13.2 Å². The number of rotatable bonds is 14. The number of carboxylic acid groups (broad SMARTS) is 1. The summed E-state index contributed by atoms with van der Waals surface area (Å²) in [5.41, 5.74) is 16.0. The van der Waals surface area contributed by atoms with Gasteiger partial charge >= 0.3 is 5.97 Å². The lowest BCUT2D eigenvalue weighted by molar-refractivity contribution is -0.143. The van der Waals surface area contributed by atoms with Crippen LogP contribution in [0.1, 0.15) is 40.0 Å². The van der Waals surface area contributed by atoms with Crippen molar-refractivity contribution in [3.05, 3.63) is 0 Å². The Bertz CT molecular complexity index is 649. The normalized spacial score (nSPS) is 14.6. The SMILES string of the molecule is CC(C)CC(NC(=O)C(CO)NC(=O)C(CCCN=C(N)N)NC(=O)C(C)N)C(=O)O. The first-order valence-corrected chi connectivity index (χ1v) is 9.94. The van der Waals surface area contributed by atoms with Crippen molar-refractivity contribution >= 4 is 29.7 Å². The number of guanidine groups is 1. The molecular formula is C18H35N7O6. The van der Waals surface area contributed by atoms with Crippen LogP contribution in [0.2, 0.25) is 0 Å². The Balaban J connectivity index is 5.20. The third kappa shape index (κ3) is 11.7. The second-order valence-corrected chi connectivity index (χ2v) is 7.57. The third-order valence-corrected chi connectivity index (χ3v) is 4.13. The molecule has 4 unspecified atom stereocenters. The number of nitrogens with one attached hydrogen (secondary N) is 3. The predicted molar refractivity (Wildman–Crippen MR) is 114 cm³/mol. The zero-order valence-electron chi connectivity index (χ0n) is 18.1. The second kappa shape index (κ2) is 14.1. The standard InChI is InChI=1S/C18H35N7O6/c1-9(2)7-12(17(30)31)24-16(29)13(8-26)25-15(28)11(23-14(27)10(3)19)5-4-6-22-18(20)21/h9-13,26H,4-8,19H2,1-3H3,(H,23,27)(H,24,29)(H,25,28)(H,30,31)(H4,20,21,22). The fraction of sp³-hybridized carbons (Fsp3) is 0.722. The van der Waals surface area contributed by atoms with E-state index in [1.165, 1.54) is 6.92 Å². The first-order valence-electron chi connectivity index (χ1n) is 9.94. The lowest BCUT2D eigenvalue weighted by atomic mass is 10.0. The molecule has 0 aromatic carbocycles. The number of aliphatic imine (C=N–C) groups is 1. The molecule has 0 bridgehead atoms. The minimum Gasteiger partial charge on any atom is -0.480 e. The monoisotopic (exact) mass is 445 g/mol. The second-order valence-electron chi connectivity index (χ2n) is 7.57. The topological polar surface area (TPSA) is 235 Å². The molecule has 31 heavy (non-hydrogen) atoms. The number of nitrogens with two attached hydrogens (primary N) is 3. The van der Waals surface area contributed by atoms with Gasteiger partial charge in [0.15, 0.2) is 5.96 Å². The summed E-state index contributed by atoms with van der Waals surface area (Å²) in [5.74, 6) is -3.55. The van der Waals surface area contributed by atoms with Crippen molar-refractivity contribution in [1.29, 1.82) is 0 Å². The lowest BCUT2D eigenvalue weighted by Crippen LogP contribution is -2.58. The zero-order valence-corrected chi connectivity index (χ0v) is 18.1. The van der Waals surface area contributed by atoms with Crippen molar-refractivity contribution in [1.82, 2.24) is 16.0 Å². The Morgan fingerprint density at radius 2 is 1.42 bits per heavy atom. The molecule has 0 spiro atoms. The average molecular weight is 446 g/mol. The fourth-order valence-electron chi connectivity index (χ4n) is 2.51. The highest BCUT2D eigenvalue weighted by molar-refractivity contribution is 5.94. The molecule has 0 aliphatic rings. The first-order chi connectivity index (χ1) is 14.4. The largest absolute Gasteiger partial charge is 0.480 e. The van der Waals surface area contributed by atoms with Crippen molar-refractivity contribution in [2.45, 2.75) is 64.2 Å². The van der Waals surface area contributed by atoms with Crippen LogP contribution in [0.4, 0.5) is 0 Å². The van der Waals surface area contributed by atoms with E-state index in [2.05, 4.69) is 20.9 Å². The van der Waals surface area contributed by atoms with Gasteiger partial charge in [0, 0.05) is 6.54 Å². The van der Waals surface area contributed by atoms with Gasteiger partial charge in [0.1, 0.15) is 18.1 Å². The van der Waals surface area contributed by atoms with E-state index in [-0.39, 0.29) is 31.3 Å². The van der Waals surface area contributed by atoms with Crippen molar-refractivity contribution < 1.29 is 29.4 Å². The molecule has 11 N–H and O–H groups in total. The Hall–Kier alpha value is -2.93. The maximum absolute atomic E-state index is 12.6. The molecule has 13 heteroatoms. The van der Waals surface area contributed by atoms with Gasteiger partial charge in [0.05, 0.1) is 12.6 Å². The summed E-state index contributed by atoms with van der Waals surface area (Å²) in [6, 6.07) is -4.53. The molecular weight excluding hydrogens is 410 g/mol. The van der Waals surface area contributed by atoms with Gasteiger partial charge in [-0.25, -0.2) is 4.79 Å². The van der Waals surface area contributed by atoms with E-state index in [9.17, 15) is 29.4 Å². The van der Waals surface area contributed by atoms with Crippen molar-refractivity contribution in [3.8, 4) is 0 Å². The minimum absolute atomic E-state index is 0.00775. The summed E-state index contributed by atoms with van der Waals surface area (Å²) in [6.07, 6.45) is 0.637. The molecule has 0 heterocycles. The summed E-state index contributed by atoms with van der Waals surface area (Å²) < 4.78 is 0. The molecule has 0 aromatic heterocycles. The van der Waals surface area contributed by atoms with Crippen LogP contribution < -0.4 is 33.2 Å². The van der Waals surface area contributed by atoms with Crippen LogP contribution in [-0.4, -0.2) is 77.2 Å². The quantitative estimate of drug-likeness (QED) is 0.0769. The number of aliphatic hydroxyl groups excluding tert-OH is 1. The van der Waals surface area contributed by atoms with E-state index in [1.807, 2.05) is 0 Å². The molecule has 0 aliphatic carbocycles. The molecule has 0 rings (SSSR count). The van der Waals surface area contributed by atoms with Crippen LogP contribution in [0.3, 0.4) is 0 Å². The van der Waals surface area contributed by atoms with Crippen LogP contribution in [0.25, 0.3) is 0 Å². The zero-order chi connectivity index (χ0) is 24.1. The van der Waals surface area contributed by atoms with E-state index in [1.54, 1.807) is 13.8 Å². The van der Waals surface area contributed by atoms with E-state index < -0.39 is 54.5 Å². The Morgan fingerprint density at radius 1 is 0.903 bits per heavy atom. The highest BCUT2D eigenvalue weighted by Gasteiger charge is 2.29. The number of carboxylic acids is 1. The Morgan fingerprint density at radius 3 is 1.87 bits per heavy atom. The van der Waals surface area contributed by atoms with E-state index >= 15 is 0 Å². The van der Waals surface area contributed by atoms with Gasteiger partial charge in [-0.05, 0) is 32.1 Å². The van der Waals surface area contributed by atoms with Gasteiger partial charge < -0.3 is 43.4 Å². The summed E-state index contributed by atoms with van der Waals surface area (Å²) in [6.45, 7) is 4.46. The molecule has 0 aromatic rings. The number of amides is 3. The van der Waals surface area contributed by atoms with E-state index in [4.69, 9.17) is 17.2 Å². The van der Waals surface area contributed by atoms with E-state index in [0.29, 0.717) is 6.42 Å². The van der Waals surface area contributed by atoms with Crippen molar-refractivity contribution in [2.24, 2.45) is 28.1 Å². The fourth-order valence-corrected chi connectivity index (χ4v) is 2.51. The third-order valence-electron chi connectivity index (χ3n) is 4.13. The predicted octanol–water partition coefficient (Wildman–Crippen LogP) is -3.04. The summed E-state index contributed by atoms with van der Waals surface area (Å²) in [4.78, 5) is 52.1. The molecule has 0 radical (unpaired) electrons. The Kier molecular flexibility index (Phi) is 12.8. The number of carbonyl (C=O) groups is 4. The average Bonchev–Trinajstić information content (AvgIpc) is 2.66. The van der Waals surface area contributed by atoms with Gasteiger partial charge in [0.2, 0.25) is 17.7 Å². The van der Waals surface area contributed by atoms with Gasteiger partial charge in [-0.15, -0.1) is 0 Å². The first kappa shape index (κ1) is 28.1. The number of hydrogen-bond donors (Lipinski definition) is 8. The minimum atomic E-state index is -1.41. The molecule has 0 aliphatic heterocycles. The maximum Gasteiger partial charge on any atom is 0.326 e. The van der Waals surface area contributed by atoms with Crippen LogP contribution >= 0.6 is 0 Å². The van der Waals surface area contributed by atoms with Crippen LogP contribution in [0.5, 0.6) is 0 Å². The van der Waals surface area contributed by atoms with Crippen molar-refractivity contribution in [3.63, 3.8) is 0 Å². The highest BCUT2D eigenvalue weighted by atomic mass is 16.4. The number of aliphatic carboxylic acids is 1. The van der Waals surface area contributed by atoms with Gasteiger partial charge in [-0.1, -0.05) is 13.8 Å². The van der Waals surface area contributed by atoms with E-state index in [0.717, 1.165) is 0 Å². The summed E-state index contributed by atoms with van der Waals surface area (Å²) in [7, 11) is 0. The molecule has 0 saturated carbocycles. The number of nitrogens with zero attached hydrogens (tertiary/aromatic N) is 1. The van der Waals surface area contributed by atoms with Gasteiger partial charge in [-0.3, -0.25) is 19.4 Å². The number of carbonyl (C=O) groups excluding carboxylic acids is 3. The number of hydrogen-bond acceptors (Lipinski definition) is 7. The smallest absolute Gasteiger partial charge is 0.326 e. The Labute approximate surface area is 181 Å². The number of aliphatic hydroxyl groups is 1. The molecule has 13 nitrogen and oxygen atoms in total. The molecule has 3 amide bonds. The van der Waals surface area contributed by atoms with Crippen LogP contribution in [0, 0.1) is 5.92 Å². The summed E-state index contributed by atoms with van der Waals surface area (Å²) >= 11 is 0. The van der Waals surface area contributed by atoms with Crippen LogP contribution in [-0.2, 0) is 19.2 Å². The summed E-state index contributed by atoms with van der Waals surface area (Å²) in [5, 5.41) is 25.9.